The normalized spacial score (nSPS) is 15.8. The third-order valence-electron chi connectivity index (χ3n) is 2.62. The van der Waals surface area contributed by atoms with Gasteiger partial charge < -0.3 is 5.11 Å². The molecule has 0 amide bonds. The third-order valence-corrected chi connectivity index (χ3v) is 2.62. The van der Waals surface area contributed by atoms with Crippen LogP contribution in [0, 0.1) is 5.92 Å². The highest BCUT2D eigenvalue weighted by atomic mass is 19.4. The van der Waals surface area contributed by atoms with Gasteiger partial charge in [-0.3, -0.25) is 0 Å². The Morgan fingerprint density at radius 2 is 1.88 bits per heavy atom. The molecule has 0 aromatic heterocycles. The molecule has 0 rings (SSSR count). The summed E-state index contributed by atoms with van der Waals surface area (Å²) in [5.41, 5.74) is 0. The lowest BCUT2D eigenvalue weighted by atomic mass is 9.94. The highest BCUT2D eigenvalue weighted by molar-refractivity contribution is 4.86. The lowest BCUT2D eigenvalue weighted by Crippen LogP contribution is -2.24. The topological polar surface area (TPSA) is 20.2 Å². The van der Waals surface area contributed by atoms with Gasteiger partial charge in [0.25, 0.3) is 0 Å². The molecule has 0 aliphatic carbocycles. The molecule has 4 heteroatoms. The average Bonchev–Trinajstić information content (AvgIpc) is 2.19. The molecule has 0 aromatic rings. The number of hydrogen-bond donors (Lipinski definition) is 1. The van der Waals surface area contributed by atoms with Gasteiger partial charge in [0.15, 0.2) is 0 Å². The fourth-order valence-electron chi connectivity index (χ4n) is 1.64. The first kappa shape index (κ1) is 15.5. The first-order valence-electron chi connectivity index (χ1n) is 5.78. The lowest BCUT2D eigenvalue weighted by molar-refractivity contribution is -0.148. The van der Waals surface area contributed by atoms with Crippen LogP contribution < -0.4 is 0 Å². The summed E-state index contributed by atoms with van der Waals surface area (Å²) in [6.07, 6.45) is -0.634. The van der Waals surface area contributed by atoms with Crippen molar-refractivity contribution in [3.8, 4) is 0 Å². The van der Waals surface area contributed by atoms with Crippen molar-refractivity contribution in [1.29, 1.82) is 0 Å². The molecule has 0 radical (unpaired) electrons. The van der Waals surface area contributed by atoms with Gasteiger partial charge in [0, 0.05) is 5.92 Å². The van der Waals surface area contributed by atoms with E-state index in [1.165, 1.54) is 6.08 Å². The summed E-state index contributed by atoms with van der Waals surface area (Å²) in [5, 5.41) is 9.60. The number of unbranched alkanes of at least 4 members (excludes halogenated alkanes) is 3. The van der Waals surface area contributed by atoms with E-state index in [-0.39, 0.29) is 0 Å². The highest BCUT2D eigenvalue weighted by Crippen LogP contribution is 2.28. The fraction of sp³-hybridized carbons (Fsp3) is 0.833. The maximum absolute atomic E-state index is 12.1. The van der Waals surface area contributed by atoms with E-state index in [9.17, 15) is 18.3 Å². The van der Waals surface area contributed by atoms with Crippen molar-refractivity contribution in [2.75, 3.05) is 0 Å². The lowest BCUT2D eigenvalue weighted by Gasteiger charge is -2.20. The Morgan fingerprint density at radius 3 is 2.31 bits per heavy atom. The molecule has 96 valence electrons. The number of aliphatic hydroxyl groups is 1. The van der Waals surface area contributed by atoms with E-state index in [1.54, 1.807) is 0 Å². The first-order chi connectivity index (χ1) is 7.40. The van der Waals surface area contributed by atoms with E-state index >= 15 is 0 Å². The summed E-state index contributed by atoms with van der Waals surface area (Å²) < 4.78 is 36.4. The predicted molar refractivity (Wildman–Crippen MR) is 59.1 cm³/mol. The summed E-state index contributed by atoms with van der Waals surface area (Å²) >= 11 is 0. The van der Waals surface area contributed by atoms with E-state index < -0.39 is 24.6 Å². The molecule has 0 unspecified atom stereocenters. The Labute approximate surface area is 95.4 Å². The standard InChI is InChI=1S/C12H21F3O/c1-3-5-6-7-8-11(16)10(4-2)9-12(13,14)15/h4,10-11,16H,2-3,5-9H2,1H3/t10-,11-/m1/s1. The molecule has 16 heavy (non-hydrogen) atoms. The van der Waals surface area contributed by atoms with Gasteiger partial charge in [-0.15, -0.1) is 6.58 Å². The SMILES string of the molecule is C=C[C@H](CC(F)(F)F)[C@H](O)CCCCCC. The van der Waals surface area contributed by atoms with Crippen molar-refractivity contribution in [3.63, 3.8) is 0 Å². The number of rotatable bonds is 8. The quantitative estimate of drug-likeness (QED) is 0.499. The minimum Gasteiger partial charge on any atom is -0.393 e. The van der Waals surface area contributed by atoms with E-state index in [0.29, 0.717) is 6.42 Å². The Bertz CT molecular complexity index is 189. The summed E-state index contributed by atoms with van der Waals surface area (Å²) in [4.78, 5) is 0. The fourth-order valence-corrected chi connectivity index (χ4v) is 1.64. The molecule has 0 bridgehead atoms. The smallest absolute Gasteiger partial charge is 0.389 e. The number of alkyl halides is 3. The van der Waals surface area contributed by atoms with Crippen LogP contribution in [-0.4, -0.2) is 17.4 Å². The molecule has 0 fully saturated rings. The highest BCUT2D eigenvalue weighted by Gasteiger charge is 2.33. The summed E-state index contributed by atoms with van der Waals surface area (Å²) in [7, 11) is 0. The number of halogens is 3. The largest absolute Gasteiger partial charge is 0.393 e. The molecule has 1 N–H and O–H groups in total. The Kier molecular flexibility index (Phi) is 7.47. The van der Waals surface area contributed by atoms with Crippen molar-refractivity contribution in [2.45, 2.75) is 57.7 Å². The van der Waals surface area contributed by atoms with Crippen molar-refractivity contribution in [2.24, 2.45) is 5.92 Å². The average molecular weight is 238 g/mol. The molecule has 0 aromatic carbocycles. The second-order valence-electron chi connectivity index (χ2n) is 4.14. The van der Waals surface area contributed by atoms with Crippen molar-refractivity contribution in [3.05, 3.63) is 12.7 Å². The molecular weight excluding hydrogens is 217 g/mol. The van der Waals surface area contributed by atoms with Gasteiger partial charge in [-0.25, -0.2) is 0 Å². The van der Waals surface area contributed by atoms with Crippen molar-refractivity contribution >= 4 is 0 Å². The molecule has 0 heterocycles. The number of hydrogen-bond acceptors (Lipinski definition) is 1. The molecule has 0 aliphatic rings. The Morgan fingerprint density at radius 1 is 1.25 bits per heavy atom. The van der Waals surface area contributed by atoms with E-state index in [0.717, 1.165) is 25.7 Å². The van der Waals surface area contributed by atoms with Gasteiger partial charge in [0.05, 0.1) is 12.5 Å². The summed E-state index contributed by atoms with van der Waals surface area (Å²) in [5.74, 6) is -0.873. The van der Waals surface area contributed by atoms with Crippen LogP contribution >= 0.6 is 0 Å². The third kappa shape index (κ3) is 7.74. The maximum atomic E-state index is 12.1. The van der Waals surface area contributed by atoms with Crippen LogP contribution in [0.3, 0.4) is 0 Å². The monoisotopic (exact) mass is 238 g/mol. The number of aliphatic hydroxyl groups excluding tert-OH is 1. The van der Waals surface area contributed by atoms with E-state index in [1.807, 2.05) is 0 Å². The Hall–Kier alpha value is -0.510. The Balaban J connectivity index is 3.91. The van der Waals surface area contributed by atoms with Crippen LogP contribution in [0.5, 0.6) is 0 Å². The predicted octanol–water partition coefficient (Wildman–Crippen LogP) is 4.07. The van der Waals surface area contributed by atoms with Crippen LogP contribution in [-0.2, 0) is 0 Å². The molecule has 1 nitrogen and oxygen atoms in total. The molecule has 0 saturated carbocycles. The summed E-state index contributed by atoms with van der Waals surface area (Å²) in [6, 6.07) is 0. The van der Waals surface area contributed by atoms with Crippen LogP contribution in [0.25, 0.3) is 0 Å². The van der Waals surface area contributed by atoms with Gasteiger partial charge in [-0.2, -0.15) is 13.2 Å². The minimum absolute atomic E-state index is 0.423. The zero-order valence-corrected chi connectivity index (χ0v) is 9.76. The van der Waals surface area contributed by atoms with Gasteiger partial charge in [0.1, 0.15) is 0 Å². The van der Waals surface area contributed by atoms with Crippen LogP contribution in [0.1, 0.15) is 45.4 Å². The molecular formula is C12H21F3O. The van der Waals surface area contributed by atoms with Crippen molar-refractivity contribution in [1.82, 2.24) is 0 Å². The van der Waals surface area contributed by atoms with Gasteiger partial charge in [0.2, 0.25) is 0 Å². The summed E-state index contributed by atoms with van der Waals surface area (Å²) in [6.45, 7) is 5.41. The van der Waals surface area contributed by atoms with Crippen LogP contribution in [0.4, 0.5) is 13.2 Å². The second kappa shape index (κ2) is 7.71. The zero-order chi connectivity index (χ0) is 12.6. The molecule has 2 atom stereocenters. The molecule has 0 aliphatic heterocycles. The minimum atomic E-state index is -4.23. The van der Waals surface area contributed by atoms with Crippen LogP contribution in [0.15, 0.2) is 12.7 Å². The first-order valence-corrected chi connectivity index (χ1v) is 5.78. The molecule has 0 saturated heterocycles. The van der Waals surface area contributed by atoms with E-state index in [2.05, 4.69) is 13.5 Å². The van der Waals surface area contributed by atoms with E-state index in [4.69, 9.17) is 0 Å². The van der Waals surface area contributed by atoms with Crippen LogP contribution in [0.2, 0.25) is 0 Å². The zero-order valence-electron chi connectivity index (χ0n) is 9.76. The van der Waals surface area contributed by atoms with Gasteiger partial charge >= 0.3 is 6.18 Å². The maximum Gasteiger partial charge on any atom is 0.389 e. The van der Waals surface area contributed by atoms with Gasteiger partial charge in [-0.05, 0) is 6.42 Å². The molecule has 0 spiro atoms. The second-order valence-corrected chi connectivity index (χ2v) is 4.14. The van der Waals surface area contributed by atoms with Crippen molar-refractivity contribution < 1.29 is 18.3 Å². The van der Waals surface area contributed by atoms with Gasteiger partial charge in [-0.1, -0.05) is 38.7 Å².